The lowest BCUT2D eigenvalue weighted by Gasteiger charge is -2.21. The summed E-state index contributed by atoms with van der Waals surface area (Å²) >= 11 is 0. The average molecular weight is 211 g/mol. The third-order valence-electron chi connectivity index (χ3n) is 2.69. The zero-order valence-electron chi connectivity index (χ0n) is 8.94. The number of aromatic nitrogens is 2. The topological polar surface area (TPSA) is 71.2 Å². The summed E-state index contributed by atoms with van der Waals surface area (Å²) in [7, 11) is 0. The van der Waals surface area contributed by atoms with Gasteiger partial charge in [0, 0.05) is 12.5 Å². The van der Waals surface area contributed by atoms with E-state index in [1.807, 2.05) is 0 Å². The molecule has 2 atom stereocenters. The molecule has 0 radical (unpaired) electrons. The second-order valence-electron chi connectivity index (χ2n) is 4.07. The van der Waals surface area contributed by atoms with Crippen molar-refractivity contribution in [3.63, 3.8) is 0 Å². The van der Waals surface area contributed by atoms with Crippen LogP contribution in [0.1, 0.15) is 44.0 Å². The van der Waals surface area contributed by atoms with Crippen molar-refractivity contribution in [2.45, 2.75) is 44.8 Å². The summed E-state index contributed by atoms with van der Waals surface area (Å²) in [6.45, 7) is 2.70. The van der Waals surface area contributed by atoms with Crippen molar-refractivity contribution in [1.82, 2.24) is 15.5 Å². The summed E-state index contributed by atoms with van der Waals surface area (Å²) in [4.78, 5) is 4.14. The van der Waals surface area contributed by atoms with Crippen LogP contribution in [0.4, 0.5) is 0 Å². The molecule has 5 heteroatoms. The van der Waals surface area contributed by atoms with Gasteiger partial charge in [0.05, 0.1) is 0 Å². The highest BCUT2D eigenvalue weighted by molar-refractivity contribution is 4.92. The van der Waals surface area contributed by atoms with Crippen molar-refractivity contribution in [3.8, 4) is 0 Å². The molecule has 1 aromatic rings. The van der Waals surface area contributed by atoms with E-state index >= 15 is 0 Å². The lowest BCUT2D eigenvalue weighted by molar-refractivity contribution is 0.184. The fraction of sp³-hybridized carbons (Fsp3) is 0.800. The molecule has 1 aliphatic heterocycles. The van der Waals surface area contributed by atoms with Gasteiger partial charge in [0.2, 0.25) is 5.89 Å². The monoisotopic (exact) mass is 211 g/mol. The maximum atomic E-state index is 9.24. The highest BCUT2D eigenvalue weighted by Gasteiger charge is 2.17. The Labute approximate surface area is 88.9 Å². The molecule has 0 spiro atoms. The molecule has 1 aliphatic rings. The van der Waals surface area contributed by atoms with E-state index in [2.05, 4.69) is 15.5 Å². The van der Waals surface area contributed by atoms with Gasteiger partial charge in [-0.05, 0) is 26.3 Å². The maximum absolute atomic E-state index is 9.24. The molecule has 2 unspecified atom stereocenters. The van der Waals surface area contributed by atoms with E-state index in [-0.39, 0.29) is 0 Å². The normalized spacial score (nSPS) is 24.0. The minimum Gasteiger partial charge on any atom is -0.385 e. The second kappa shape index (κ2) is 4.72. The molecule has 15 heavy (non-hydrogen) atoms. The Balaban J connectivity index is 1.91. The number of nitrogens with one attached hydrogen (secondary N) is 1. The molecule has 84 valence electrons. The predicted molar refractivity (Wildman–Crippen MR) is 54.3 cm³/mol. The summed E-state index contributed by atoms with van der Waals surface area (Å²) in [5.74, 6) is 0.992. The molecule has 0 saturated carbocycles. The molecule has 2 rings (SSSR count). The number of piperidine rings is 1. The Bertz CT molecular complexity index is 305. The number of hydrogen-bond donors (Lipinski definition) is 2. The SMILES string of the molecule is CC(O)c1noc(CC2CCCCN2)n1. The van der Waals surface area contributed by atoms with Gasteiger partial charge in [0.15, 0.2) is 5.82 Å². The molecule has 2 heterocycles. The summed E-state index contributed by atoms with van der Waals surface area (Å²) < 4.78 is 5.07. The molecule has 2 N–H and O–H groups in total. The van der Waals surface area contributed by atoms with Crippen molar-refractivity contribution in [2.24, 2.45) is 0 Å². The molecule has 0 amide bonds. The standard InChI is InChI=1S/C10H17N3O2/c1-7(14)10-12-9(15-13-10)6-8-4-2-3-5-11-8/h7-8,11,14H,2-6H2,1H3. The third kappa shape index (κ3) is 2.76. The fourth-order valence-electron chi connectivity index (χ4n) is 1.83. The first-order valence-corrected chi connectivity index (χ1v) is 5.49. The summed E-state index contributed by atoms with van der Waals surface area (Å²) in [5.41, 5.74) is 0. The largest absolute Gasteiger partial charge is 0.385 e. The molecule has 0 aliphatic carbocycles. The molecular weight excluding hydrogens is 194 g/mol. The Hall–Kier alpha value is -0.940. The van der Waals surface area contributed by atoms with Crippen LogP contribution in [-0.4, -0.2) is 27.8 Å². The van der Waals surface area contributed by atoms with Gasteiger partial charge in [-0.15, -0.1) is 0 Å². The third-order valence-corrected chi connectivity index (χ3v) is 2.69. The van der Waals surface area contributed by atoms with Crippen LogP contribution in [0.3, 0.4) is 0 Å². The number of nitrogens with zero attached hydrogens (tertiary/aromatic N) is 2. The van der Waals surface area contributed by atoms with E-state index in [1.54, 1.807) is 6.92 Å². The zero-order chi connectivity index (χ0) is 10.7. The Morgan fingerprint density at radius 2 is 2.47 bits per heavy atom. The highest BCUT2D eigenvalue weighted by atomic mass is 16.5. The molecule has 1 aromatic heterocycles. The number of aliphatic hydroxyl groups is 1. The molecule has 0 aromatic carbocycles. The van der Waals surface area contributed by atoms with Crippen molar-refractivity contribution in [3.05, 3.63) is 11.7 Å². The van der Waals surface area contributed by atoms with E-state index in [1.165, 1.54) is 12.8 Å². The van der Waals surface area contributed by atoms with Gasteiger partial charge in [-0.1, -0.05) is 11.6 Å². The molecular formula is C10H17N3O2. The van der Waals surface area contributed by atoms with Crippen LogP contribution in [0, 0.1) is 0 Å². The molecule has 1 fully saturated rings. The fourth-order valence-corrected chi connectivity index (χ4v) is 1.83. The first kappa shape index (κ1) is 10.6. The van der Waals surface area contributed by atoms with Crippen LogP contribution in [0.2, 0.25) is 0 Å². The van der Waals surface area contributed by atoms with Gasteiger partial charge < -0.3 is 14.9 Å². The van der Waals surface area contributed by atoms with Crippen LogP contribution in [0.15, 0.2) is 4.52 Å². The van der Waals surface area contributed by atoms with Gasteiger partial charge in [-0.3, -0.25) is 0 Å². The lowest BCUT2D eigenvalue weighted by Crippen LogP contribution is -2.35. The number of aliphatic hydroxyl groups excluding tert-OH is 1. The van der Waals surface area contributed by atoms with Crippen LogP contribution < -0.4 is 5.32 Å². The summed E-state index contributed by atoms with van der Waals surface area (Å²) in [6.07, 6.45) is 3.78. The Morgan fingerprint density at radius 1 is 1.60 bits per heavy atom. The van der Waals surface area contributed by atoms with Gasteiger partial charge in [-0.25, -0.2) is 0 Å². The van der Waals surface area contributed by atoms with E-state index in [0.29, 0.717) is 17.8 Å². The highest BCUT2D eigenvalue weighted by Crippen LogP contribution is 2.13. The van der Waals surface area contributed by atoms with Crippen molar-refractivity contribution < 1.29 is 9.63 Å². The van der Waals surface area contributed by atoms with Crippen molar-refractivity contribution >= 4 is 0 Å². The predicted octanol–water partition coefficient (Wildman–Crippen LogP) is 0.807. The quantitative estimate of drug-likeness (QED) is 0.774. The Morgan fingerprint density at radius 3 is 3.07 bits per heavy atom. The smallest absolute Gasteiger partial charge is 0.228 e. The molecule has 5 nitrogen and oxygen atoms in total. The number of hydrogen-bond acceptors (Lipinski definition) is 5. The van der Waals surface area contributed by atoms with Gasteiger partial charge in [-0.2, -0.15) is 4.98 Å². The maximum Gasteiger partial charge on any atom is 0.228 e. The van der Waals surface area contributed by atoms with Gasteiger partial charge in [0.1, 0.15) is 6.10 Å². The first-order valence-electron chi connectivity index (χ1n) is 5.49. The zero-order valence-corrected chi connectivity index (χ0v) is 8.94. The van der Waals surface area contributed by atoms with E-state index in [0.717, 1.165) is 19.4 Å². The summed E-state index contributed by atoms with van der Waals surface area (Å²) in [6, 6.07) is 0.445. The lowest BCUT2D eigenvalue weighted by atomic mass is 10.0. The van der Waals surface area contributed by atoms with Crippen LogP contribution >= 0.6 is 0 Å². The van der Waals surface area contributed by atoms with Crippen molar-refractivity contribution in [1.29, 1.82) is 0 Å². The summed E-state index contributed by atoms with van der Waals surface area (Å²) in [5, 5.41) is 16.4. The van der Waals surface area contributed by atoms with Crippen LogP contribution in [-0.2, 0) is 6.42 Å². The van der Waals surface area contributed by atoms with Gasteiger partial charge >= 0.3 is 0 Å². The van der Waals surface area contributed by atoms with Crippen LogP contribution in [0.25, 0.3) is 0 Å². The van der Waals surface area contributed by atoms with Gasteiger partial charge in [0.25, 0.3) is 0 Å². The van der Waals surface area contributed by atoms with E-state index in [9.17, 15) is 5.11 Å². The van der Waals surface area contributed by atoms with E-state index < -0.39 is 6.10 Å². The minimum absolute atomic E-state index is 0.376. The van der Waals surface area contributed by atoms with Crippen LogP contribution in [0.5, 0.6) is 0 Å². The second-order valence-corrected chi connectivity index (χ2v) is 4.07. The Kier molecular flexibility index (Phi) is 3.33. The molecule has 1 saturated heterocycles. The molecule has 0 bridgehead atoms. The average Bonchev–Trinajstić information content (AvgIpc) is 2.68. The van der Waals surface area contributed by atoms with E-state index in [4.69, 9.17) is 4.52 Å². The number of rotatable bonds is 3. The first-order chi connectivity index (χ1) is 7.25. The minimum atomic E-state index is -0.651. The van der Waals surface area contributed by atoms with Crippen molar-refractivity contribution in [2.75, 3.05) is 6.54 Å².